The minimum atomic E-state index is 0.672. The van der Waals surface area contributed by atoms with E-state index < -0.39 is 0 Å². The number of hydrogen-bond acceptors (Lipinski definition) is 3. The summed E-state index contributed by atoms with van der Waals surface area (Å²) in [6, 6.07) is 1.42. The minimum absolute atomic E-state index is 0.672. The number of nitrogens with one attached hydrogen (secondary N) is 1. The van der Waals surface area contributed by atoms with E-state index in [1.165, 1.54) is 19.6 Å². The predicted molar refractivity (Wildman–Crippen MR) is 62.0 cm³/mol. The molecule has 2 heterocycles. The van der Waals surface area contributed by atoms with Crippen molar-refractivity contribution in [1.82, 2.24) is 10.2 Å². The molecule has 2 saturated heterocycles. The van der Waals surface area contributed by atoms with Crippen LogP contribution in [0.2, 0.25) is 0 Å². The fourth-order valence-electron chi connectivity index (χ4n) is 3.24. The van der Waals surface area contributed by atoms with Gasteiger partial charge in [0, 0.05) is 32.3 Å². The Kier molecular flexibility index (Phi) is 3.65. The summed E-state index contributed by atoms with van der Waals surface area (Å²) >= 11 is 0. The van der Waals surface area contributed by atoms with Crippen LogP contribution >= 0.6 is 0 Å². The molecule has 88 valence electrons. The maximum absolute atomic E-state index is 5.16. The van der Waals surface area contributed by atoms with E-state index in [0.29, 0.717) is 6.04 Å². The lowest BCUT2D eigenvalue weighted by atomic mass is 9.95. The molecule has 0 amide bonds. The monoisotopic (exact) mass is 212 g/mol. The summed E-state index contributed by atoms with van der Waals surface area (Å²) in [5, 5.41) is 3.51. The summed E-state index contributed by atoms with van der Waals surface area (Å²) in [6.07, 6.45) is 1.16. The number of hydrogen-bond donors (Lipinski definition) is 1. The molecule has 0 aliphatic carbocycles. The summed E-state index contributed by atoms with van der Waals surface area (Å²) in [6.45, 7) is 9.34. The van der Waals surface area contributed by atoms with Crippen LogP contribution in [0.3, 0.4) is 0 Å². The van der Waals surface area contributed by atoms with Crippen molar-refractivity contribution in [2.45, 2.75) is 32.4 Å². The van der Waals surface area contributed by atoms with Gasteiger partial charge in [-0.15, -0.1) is 0 Å². The smallest absolute Gasteiger partial charge is 0.0477 e. The van der Waals surface area contributed by atoms with Gasteiger partial charge in [0.15, 0.2) is 0 Å². The van der Waals surface area contributed by atoms with Crippen LogP contribution in [0.25, 0.3) is 0 Å². The molecule has 2 rings (SSSR count). The van der Waals surface area contributed by atoms with E-state index in [1.54, 1.807) is 7.11 Å². The molecule has 2 fully saturated rings. The lowest BCUT2D eigenvalue weighted by Crippen LogP contribution is -2.40. The van der Waals surface area contributed by atoms with E-state index in [1.807, 2.05) is 0 Å². The highest BCUT2D eigenvalue weighted by molar-refractivity contribution is 4.97. The largest absolute Gasteiger partial charge is 0.385 e. The molecule has 0 aromatic heterocycles. The van der Waals surface area contributed by atoms with Crippen molar-refractivity contribution in [3.05, 3.63) is 0 Å². The van der Waals surface area contributed by atoms with Crippen LogP contribution in [0.15, 0.2) is 0 Å². The van der Waals surface area contributed by atoms with Gasteiger partial charge in [-0.25, -0.2) is 0 Å². The molecule has 0 radical (unpaired) electrons. The van der Waals surface area contributed by atoms with Gasteiger partial charge in [0.2, 0.25) is 0 Å². The van der Waals surface area contributed by atoms with Gasteiger partial charge < -0.3 is 10.1 Å². The van der Waals surface area contributed by atoms with E-state index in [0.717, 1.165) is 30.9 Å². The highest BCUT2D eigenvalue weighted by Gasteiger charge is 2.42. The van der Waals surface area contributed by atoms with Crippen LogP contribution < -0.4 is 5.32 Å². The summed E-state index contributed by atoms with van der Waals surface area (Å²) in [4.78, 5) is 2.68. The Labute approximate surface area is 93.2 Å². The molecule has 2 aliphatic rings. The van der Waals surface area contributed by atoms with Gasteiger partial charge in [-0.2, -0.15) is 0 Å². The molecule has 0 saturated carbocycles. The first kappa shape index (κ1) is 11.4. The van der Waals surface area contributed by atoms with Crippen molar-refractivity contribution in [1.29, 1.82) is 0 Å². The summed E-state index contributed by atoms with van der Waals surface area (Å²) < 4.78 is 5.16. The molecule has 0 aromatic carbocycles. The van der Waals surface area contributed by atoms with Gasteiger partial charge in [-0.3, -0.25) is 4.90 Å². The van der Waals surface area contributed by atoms with Crippen LogP contribution in [0.1, 0.15) is 20.3 Å². The first-order valence-electron chi connectivity index (χ1n) is 6.19. The molecule has 3 heteroatoms. The summed E-state index contributed by atoms with van der Waals surface area (Å²) in [5.74, 6) is 1.78. The van der Waals surface area contributed by atoms with Crippen LogP contribution in [-0.4, -0.2) is 50.3 Å². The van der Waals surface area contributed by atoms with E-state index in [2.05, 4.69) is 24.1 Å². The Balaban J connectivity index is 1.88. The molecule has 15 heavy (non-hydrogen) atoms. The SMILES string of the molecule is COCCC(C)N1CC2CNCC2C1C. The number of likely N-dealkylation sites (tertiary alicyclic amines) is 1. The highest BCUT2D eigenvalue weighted by atomic mass is 16.5. The van der Waals surface area contributed by atoms with Gasteiger partial charge in [0.1, 0.15) is 0 Å². The number of nitrogens with zero attached hydrogens (tertiary/aromatic N) is 1. The molecule has 0 bridgehead atoms. The molecule has 1 N–H and O–H groups in total. The van der Waals surface area contributed by atoms with Crippen molar-refractivity contribution in [3.8, 4) is 0 Å². The summed E-state index contributed by atoms with van der Waals surface area (Å²) in [5.41, 5.74) is 0. The van der Waals surface area contributed by atoms with Crippen molar-refractivity contribution < 1.29 is 4.74 Å². The van der Waals surface area contributed by atoms with E-state index in [-0.39, 0.29) is 0 Å². The first-order chi connectivity index (χ1) is 7.24. The van der Waals surface area contributed by atoms with Crippen molar-refractivity contribution in [3.63, 3.8) is 0 Å². The number of fused-ring (bicyclic) bond motifs is 1. The average Bonchev–Trinajstić information content (AvgIpc) is 2.78. The zero-order valence-electron chi connectivity index (χ0n) is 10.2. The van der Waals surface area contributed by atoms with Crippen LogP contribution in [0, 0.1) is 11.8 Å². The topological polar surface area (TPSA) is 24.5 Å². The lowest BCUT2D eigenvalue weighted by molar-refractivity contribution is 0.126. The van der Waals surface area contributed by atoms with Crippen molar-refractivity contribution >= 4 is 0 Å². The molecule has 0 spiro atoms. The molecule has 3 nitrogen and oxygen atoms in total. The van der Waals surface area contributed by atoms with Crippen LogP contribution in [0.5, 0.6) is 0 Å². The van der Waals surface area contributed by atoms with E-state index in [9.17, 15) is 0 Å². The second-order valence-corrected chi connectivity index (χ2v) is 5.15. The molecule has 4 unspecified atom stereocenters. The summed E-state index contributed by atoms with van der Waals surface area (Å²) in [7, 11) is 1.79. The third-order valence-corrected chi connectivity index (χ3v) is 4.29. The van der Waals surface area contributed by atoms with Gasteiger partial charge in [0.25, 0.3) is 0 Å². The molecular formula is C12H24N2O. The standard InChI is InChI=1S/C12H24N2O/c1-9(4-5-15-3)14-8-11-6-13-7-12(11)10(14)2/h9-13H,4-8H2,1-3H3. The fraction of sp³-hybridized carbons (Fsp3) is 1.00. The van der Waals surface area contributed by atoms with Crippen molar-refractivity contribution in [2.24, 2.45) is 11.8 Å². The lowest BCUT2D eigenvalue weighted by Gasteiger charge is -2.30. The quantitative estimate of drug-likeness (QED) is 0.751. The predicted octanol–water partition coefficient (Wildman–Crippen LogP) is 0.951. The van der Waals surface area contributed by atoms with Crippen molar-refractivity contribution in [2.75, 3.05) is 33.4 Å². The van der Waals surface area contributed by atoms with E-state index >= 15 is 0 Å². The fourth-order valence-corrected chi connectivity index (χ4v) is 3.24. The zero-order chi connectivity index (χ0) is 10.8. The van der Waals surface area contributed by atoms with Gasteiger partial charge in [-0.1, -0.05) is 0 Å². The maximum Gasteiger partial charge on any atom is 0.0477 e. The Morgan fingerprint density at radius 2 is 2.27 bits per heavy atom. The Morgan fingerprint density at radius 3 is 2.93 bits per heavy atom. The Morgan fingerprint density at radius 1 is 1.47 bits per heavy atom. The number of ether oxygens (including phenoxy) is 1. The molecule has 0 aromatic rings. The van der Waals surface area contributed by atoms with E-state index in [4.69, 9.17) is 4.74 Å². The third kappa shape index (κ3) is 2.19. The van der Waals surface area contributed by atoms with Gasteiger partial charge >= 0.3 is 0 Å². The molecule has 2 aliphatic heterocycles. The third-order valence-electron chi connectivity index (χ3n) is 4.29. The van der Waals surface area contributed by atoms with Gasteiger partial charge in [-0.05, 0) is 45.2 Å². The number of methoxy groups -OCH3 is 1. The van der Waals surface area contributed by atoms with Crippen LogP contribution in [-0.2, 0) is 4.74 Å². The highest BCUT2D eigenvalue weighted by Crippen LogP contribution is 2.33. The van der Waals surface area contributed by atoms with Crippen LogP contribution in [0.4, 0.5) is 0 Å². The molecule has 4 atom stereocenters. The minimum Gasteiger partial charge on any atom is -0.385 e. The Hall–Kier alpha value is -0.120. The number of rotatable bonds is 4. The zero-order valence-corrected chi connectivity index (χ0v) is 10.2. The van der Waals surface area contributed by atoms with Gasteiger partial charge in [0.05, 0.1) is 0 Å². The molecular weight excluding hydrogens is 188 g/mol. The normalized spacial score (nSPS) is 38.2. The Bertz CT molecular complexity index is 210. The average molecular weight is 212 g/mol. The maximum atomic E-state index is 5.16. The second-order valence-electron chi connectivity index (χ2n) is 5.15. The first-order valence-corrected chi connectivity index (χ1v) is 6.19. The second kappa shape index (κ2) is 4.81.